The van der Waals surface area contributed by atoms with Gasteiger partial charge in [-0.3, -0.25) is 0 Å². The van der Waals surface area contributed by atoms with Crippen LogP contribution in [0.5, 0.6) is 5.75 Å². The molecule has 0 bridgehead atoms. The van der Waals surface area contributed by atoms with Gasteiger partial charge in [0.25, 0.3) is 0 Å². The predicted molar refractivity (Wildman–Crippen MR) is 66.8 cm³/mol. The summed E-state index contributed by atoms with van der Waals surface area (Å²) < 4.78 is 7.52. The number of fused-ring (bicyclic) bond motifs is 1. The second-order valence-electron chi connectivity index (χ2n) is 4.23. The maximum absolute atomic E-state index is 5.77. The second-order valence-corrected chi connectivity index (χ2v) is 4.23. The monoisotopic (exact) mass is 218 g/mol. The maximum Gasteiger partial charge on any atom is 0.120 e. The zero-order chi connectivity index (χ0) is 11.7. The fraction of sp³-hybridized carbons (Fsp3) is 0.385. The van der Waals surface area contributed by atoms with Crippen molar-refractivity contribution in [2.45, 2.75) is 26.4 Å². The number of methoxy groups -OCH3 is 1. The molecule has 0 atom stereocenters. The number of nitrogens with zero attached hydrogens (tertiary/aromatic N) is 1. The van der Waals surface area contributed by atoms with Gasteiger partial charge >= 0.3 is 0 Å². The van der Waals surface area contributed by atoms with E-state index in [4.69, 9.17) is 10.5 Å². The molecule has 0 aliphatic carbocycles. The normalized spacial score (nSPS) is 11.3. The molecule has 16 heavy (non-hydrogen) atoms. The van der Waals surface area contributed by atoms with Gasteiger partial charge in [0, 0.05) is 29.7 Å². The van der Waals surface area contributed by atoms with Gasteiger partial charge in [-0.05, 0) is 32.0 Å². The van der Waals surface area contributed by atoms with Crippen molar-refractivity contribution in [3.05, 3.63) is 30.0 Å². The average Bonchev–Trinajstić information content (AvgIpc) is 2.65. The number of benzene rings is 1. The Balaban J connectivity index is 2.70. The fourth-order valence-corrected chi connectivity index (χ4v) is 2.15. The molecule has 3 heteroatoms. The van der Waals surface area contributed by atoms with Crippen molar-refractivity contribution < 1.29 is 4.74 Å². The molecule has 2 N–H and O–H groups in total. The highest BCUT2D eigenvalue weighted by Crippen LogP contribution is 2.27. The van der Waals surface area contributed by atoms with Gasteiger partial charge in [-0.2, -0.15) is 0 Å². The molecular weight excluding hydrogens is 200 g/mol. The first-order valence-corrected chi connectivity index (χ1v) is 5.55. The minimum absolute atomic E-state index is 0.406. The Morgan fingerprint density at radius 3 is 2.62 bits per heavy atom. The number of nitrogens with two attached hydrogens (primary N) is 1. The summed E-state index contributed by atoms with van der Waals surface area (Å²) in [5.41, 5.74) is 8.13. The lowest BCUT2D eigenvalue weighted by molar-refractivity contribution is 0.415. The highest BCUT2D eigenvalue weighted by molar-refractivity contribution is 5.83. The van der Waals surface area contributed by atoms with Gasteiger partial charge in [0.05, 0.1) is 12.6 Å². The lowest BCUT2D eigenvalue weighted by Gasteiger charge is -2.13. The van der Waals surface area contributed by atoms with Crippen molar-refractivity contribution in [2.24, 2.45) is 5.73 Å². The molecule has 0 saturated carbocycles. The number of hydrogen-bond donors (Lipinski definition) is 1. The van der Waals surface area contributed by atoms with Crippen LogP contribution in [-0.4, -0.2) is 11.7 Å². The van der Waals surface area contributed by atoms with Gasteiger partial charge in [-0.25, -0.2) is 0 Å². The summed E-state index contributed by atoms with van der Waals surface area (Å²) in [6.07, 6.45) is 0. The highest BCUT2D eigenvalue weighted by atomic mass is 16.5. The molecule has 1 aromatic heterocycles. The Morgan fingerprint density at radius 1 is 1.31 bits per heavy atom. The quantitative estimate of drug-likeness (QED) is 0.860. The molecule has 0 saturated heterocycles. The Bertz CT molecular complexity index is 500. The average molecular weight is 218 g/mol. The first kappa shape index (κ1) is 11.0. The van der Waals surface area contributed by atoms with Crippen molar-refractivity contribution in [1.82, 2.24) is 4.57 Å². The summed E-state index contributed by atoms with van der Waals surface area (Å²) in [6.45, 7) is 4.89. The van der Waals surface area contributed by atoms with Crippen molar-refractivity contribution in [3.63, 3.8) is 0 Å². The molecule has 1 heterocycles. The first-order valence-electron chi connectivity index (χ1n) is 5.55. The zero-order valence-corrected chi connectivity index (χ0v) is 10.0. The molecule has 2 aromatic rings. The first-order chi connectivity index (χ1) is 7.67. The van der Waals surface area contributed by atoms with E-state index in [0.717, 1.165) is 5.75 Å². The maximum atomic E-state index is 5.77. The molecule has 1 aromatic carbocycles. The Hall–Kier alpha value is -1.48. The zero-order valence-electron chi connectivity index (χ0n) is 10.0. The van der Waals surface area contributed by atoms with E-state index in [0.29, 0.717) is 12.6 Å². The van der Waals surface area contributed by atoms with Gasteiger partial charge in [0.15, 0.2) is 0 Å². The van der Waals surface area contributed by atoms with Crippen molar-refractivity contribution >= 4 is 10.9 Å². The number of aromatic nitrogens is 1. The van der Waals surface area contributed by atoms with Crippen LogP contribution in [0, 0.1) is 0 Å². The number of hydrogen-bond acceptors (Lipinski definition) is 2. The van der Waals surface area contributed by atoms with E-state index in [1.54, 1.807) is 7.11 Å². The number of rotatable bonds is 3. The van der Waals surface area contributed by atoms with Gasteiger partial charge in [0.1, 0.15) is 5.75 Å². The summed E-state index contributed by atoms with van der Waals surface area (Å²) in [6, 6.07) is 8.67. The fourth-order valence-electron chi connectivity index (χ4n) is 2.15. The molecule has 0 radical (unpaired) electrons. The van der Waals surface area contributed by atoms with E-state index in [-0.39, 0.29) is 0 Å². The van der Waals surface area contributed by atoms with Crippen LogP contribution in [0.2, 0.25) is 0 Å². The van der Waals surface area contributed by atoms with Crippen molar-refractivity contribution in [2.75, 3.05) is 7.11 Å². The Kier molecular flexibility index (Phi) is 2.88. The van der Waals surface area contributed by atoms with Crippen LogP contribution in [0.1, 0.15) is 25.6 Å². The minimum atomic E-state index is 0.406. The van der Waals surface area contributed by atoms with Gasteiger partial charge in [-0.15, -0.1) is 0 Å². The van der Waals surface area contributed by atoms with Gasteiger partial charge < -0.3 is 15.0 Å². The Morgan fingerprint density at radius 2 is 2.06 bits per heavy atom. The van der Waals surface area contributed by atoms with Crippen LogP contribution < -0.4 is 10.5 Å². The molecule has 3 nitrogen and oxygen atoms in total. The van der Waals surface area contributed by atoms with Crippen molar-refractivity contribution in [3.8, 4) is 5.75 Å². The van der Waals surface area contributed by atoms with Gasteiger partial charge in [-0.1, -0.05) is 0 Å². The van der Waals surface area contributed by atoms with Crippen LogP contribution in [0.4, 0.5) is 0 Å². The van der Waals surface area contributed by atoms with Crippen LogP contribution >= 0.6 is 0 Å². The van der Waals surface area contributed by atoms with E-state index >= 15 is 0 Å². The molecule has 0 aliphatic rings. The smallest absolute Gasteiger partial charge is 0.120 e. The van der Waals surface area contributed by atoms with Crippen LogP contribution in [-0.2, 0) is 6.54 Å². The lowest BCUT2D eigenvalue weighted by Crippen LogP contribution is -2.09. The molecular formula is C13H18N2O. The summed E-state index contributed by atoms with van der Waals surface area (Å²) in [5, 5.41) is 1.22. The van der Waals surface area contributed by atoms with Gasteiger partial charge in [0.2, 0.25) is 0 Å². The molecule has 0 fully saturated rings. The highest BCUT2D eigenvalue weighted by Gasteiger charge is 2.10. The van der Waals surface area contributed by atoms with E-state index in [1.807, 2.05) is 6.07 Å². The topological polar surface area (TPSA) is 40.2 Å². The van der Waals surface area contributed by atoms with E-state index in [9.17, 15) is 0 Å². The lowest BCUT2D eigenvalue weighted by atomic mass is 10.2. The number of ether oxygens (including phenoxy) is 1. The third-order valence-electron chi connectivity index (χ3n) is 2.85. The largest absolute Gasteiger partial charge is 0.497 e. The molecule has 0 unspecified atom stereocenters. The summed E-state index contributed by atoms with van der Waals surface area (Å²) in [7, 11) is 1.69. The third-order valence-corrected chi connectivity index (χ3v) is 2.85. The second kappa shape index (κ2) is 4.18. The molecule has 0 spiro atoms. The van der Waals surface area contributed by atoms with E-state index < -0.39 is 0 Å². The van der Waals surface area contributed by atoms with E-state index in [1.165, 1.54) is 16.6 Å². The summed E-state index contributed by atoms with van der Waals surface area (Å²) in [5.74, 6) is 0.885. The van der Waals surface area contributed by atoms with E-state index in [2.05, 4.69) is 36.6 Å². The minimum Gasteiger partial charge on any atom is -0.497 e. The van der Waals surface area contributed by atoms with Crippen LogP contribution in [0.25, 0.3) is 10.9 Å². The summed E-state index contributed by atoms with van der Waals surface area (Å²) in [4.78, 5) is 0. The SMILES string of the molecule is COc1ccc2cc(CN)n(C(C)C)c2c1. The van der Waals surface area contributed by atoms with Crippen LogP contribution in [0.15, 0.2) is 24.3 Å². The third kappa shape index (κ3) is 1.67. The Labute approximate surface area is 95.8 Å². The van der Waals surface area contributed by atoms with Crippen LogP contribution in [0.3, 0.4) is 0 Å². The summed E-state index contributed by atoms with van der Waals surface area (Å²) >= 11 is 0. The molecule has 2 rings (SSSR count). The molecule has 86 valence electrons. The van der Waals surface area contributed by atoms with Crippen molar-refractivity contribution in [1.29, 1.82) is 0 Å². The molecule has 0 aliphatic heterocycles. The standard InChI is InChI=1S/C13H18N2O/c1-9(2)15-11(8-14)6-10-4-5-12(16-3)7-13(10)15/h4-7,9H,8,14H2,1-3H3. The molecule has 0 amide bonds. The predicted octanol–water partition coefficient (Wildman–Crippen LogP) is 2.69.